The highest BCUT2D eigenvalue weighted by Crippen LogP contribution is 2.22. The van der Waals surface area contributed by atoms with Gasteiger partial charge in [-0.15, -0.1) is 0 Å². The highest BCUT2D eigenvalue weighted by Gasteiger charge is 2.13. The van der Waals surface area contributed by atoms with E-state index < -0.39 is 0 Å². The van der Waals surface area contributed by atoms with Crippen LogP contribution in [0.4, 0.5) is 5.69 Å². The fourth-order valence-electron chi connectivity index (χ4n) is 2.35. The second-order valence-corrected chi connectivity index (χ2v) is 6.78. The number of pyridine rings is 1. The second kappa shape index (κ2) is 8.09. The molecule has 8 heteroatoms. The molecule has 2 amide bonds. The smallest absolute Gasteiger partial charge is 0.257 e. The number of carbonyl (C=O) groups excluding carboxylic acids is 2. The molecule has 0 fully saturated rings. The summed E-state index contributed by atoms with van der Waals surface area (Å²) < 4.78 is 0. The fraction of sp³-hybridized carbons (Fsp3) is 0.211. The van der Waals surface area contributed by atoms with Crippen LogP contribution in [0, 0.1) is 5.92 Å². The van der Waals surface area contributed by atoms with Crippen molar-refractivity contribution in [1.29, 1.82) is 0 Å². The van der Waals surface area contributed by atoms with Gasteiger partial charge in [0.15, 0.2) is 5.65 Å². The van der Waals surface area contributed by atoms with Crippen molar-refractivity contribution in [2.24, 2.45) is 5.92 Å². The van der Waals surface area contributed by atoms with Gasteiger partial charge in [-0.3, -0.25) is 14.6 Å². The molecular weight excluding hydrogens is 366 g/mol. The molecule has 0 bridgehead atoms. The fourth-order valence-corrected chi connectivity index (χ4v) is 2.62. The van der Waals surface area contributed by atoms with E-state index in [1.165, 1.54) is 24.7 Å². The molecule has 2 N–H and O–H groups in total. The molecular formula is C19H18ClN5O2. The first kappa shape index (κ1) is 18.7. The third-order valence-corrected chi connectivity index (χ3v) is 4.04. The zero-order chi connectivity index (χ0) is 19.4. The maximum Gasteiger partial charge on any atom is 0.257 e. The van der Waals surface area contributed by atoms with Crippen molar-refractivity contribution in [2.75, 3.05) is 11.9 Å². The van der Waals surface area contributed by atoms with Crippen molar-refractivity contribution >= 4 is 40.3 Å². The Labute approximate surface area is 161 Å². The topological polar surface area (TPSA) is 96.9 Å². The van der Waals surface area contributed by atoms with Crippen LogP contribution >= 0.6 is 11.6 Å². The van der Waals surface area contributed by atoms with Crippen LogP contribution in [-0.2, 0) is 0 Å². The van der Waals surface area contributed by atoms with Crippen molar-refractivity contribution < 1.29 is 9.59 Å². The van der Waals surface area contributed by atoms with Gasteiger partial charge in [-0.05, 0) is 30.2 Å². The lowest BCUT2D eigenvalue weighted by molar-refractivity contribution is 0.0948. The van der Waals surface area contributed by atoms with Crippen LogP contribution in [-0.4, -0.2) is 33.3 Å². The van der Waals surface area contributed by atoms with E-state index in [0.29, 0.717) is 40.4 Å². The summed E-state index contributed by atoms with van der Waals surface area (Å²) in [6.07, 6.45) is 4.51. The number of hydrogen-bond donors (Lipinski definition) is 2. The maximum atomic E-state index is 12.4. The summed E-state index contributed by atoms with van der Waals surface area (Å²) >= 11 is 6.20. The molecule has 7 nitrogen and oxygen atoms in total. The average molecular weight is 384 g/mol. The van der Waals surface area contributed by atoms with E-state index in [-0.39, 0.29) is 16.8 Å². The Morgan fingerprint density at radius 1 is 1.07 bits per heavy atom. The second-order valence-electron chi connectivity index (χ2n) is 6.38. The summed E-state index contributed by atoms with van der Waals surface area (Å²) in [7, 11) is 0. The summed E-state index contributed by atoms with van der Waals surface area (Å²) in [4.78, 5) is 36.9. The van der Waals surface area contributed by atoms with Gasteiger partial charge < -0.3 is 10.6 Å². The number of aromatic nitrogens is 3. The zero-order valence-corrected chi connectivity index (χ0v) is 15.6. The summed E-state index contributed by atoms with van der Waals surface area (Å²) in [5, 5.41) is 5.81. The predicted molar refractivity (Wildman–Crippen MR) is 104 cm³/mol. The number of nitrogens with one attached hydrogen (secondary N) is 2. The molecule has 2 heterocycles. The first-order valence-corrected chi connectivity index (χ1v) is 8.77. The first-order valence-electron chi connectivity index (χ1n) is 8.40. The van der Waals surface area contributed by atoms with Crippen LogP contribution < -0.4 is 10.6 Å². The van der Waals surface area contributed by atoms with Gasteiger partial charge in [-0.1, -0.05) is 25.4 Å². The zero-order valence-electron chi connectivity index (χ0n) is 14.9. The van der Waals surface area contributed by atoms with Crippen LogP contribution in [0.2, 0.25) is 5.02 Å². The van der Waals surface area contributed by atoms with Crippen LogP contribution in [0.3, 0.4) is 0 Å². The molecule has 3 aromatic rings. The monoisotopic (exact) mass is 383 g/mol. The average Bonchev–Trinajstić information content (AvgIpc) is 2.65. The van der Waals surface area contributed by atoms with E-state index in [1.807, 2.05) is 13.8 Å². The van der Waals surface area contributed by atoms with E-state index in [4.69, 9.17) is 11.6 Å². The number of anilines is 1. The van der Waals surface area contributed by atoms with E-state index in [1.54, 1.807) is 18.2 Å². The molecule has 0 atom stereocenters. The number of nitrogens with zero attached hydrogens (tertiary/aromatic N) is 3. The molecule has 0 saturated carbocycles. The number of amides is 2. The maximum absolute atomic E-state index is 12.4. The van der Waals surface area contributed by atoms with Crippen molar-refractivity contribution in [3.05, 3.63) is 59.0 Å². The Morgan fingerprint density at radius 3 is 2.59 bits per heavy atom. The molecule has 1 aromatic carbocycles. The molecule has 0 aliphatic heterocycles. The van der Waals surface area contributed by atoms with Crippen LogP contribution in [0.25, 0.3) is 11.2 Å². The van der Waals surface area contributed by atoms with E-state index >= 15 is 0 Å². The highest BCUT2D eigenvalue weighted by atomic mass is 35.5. The number of rotatable bonds is 5. The normalized spacial score (nSPS) is 10.8. The minimum absolute atomic E-state index is 0.246. The summed E-state index contributed by atoms with van der Waals surface area (Å²) in [6.45, 7) is 4.58. The Morgan fingerprint density at radius 2 is 1.85 bits per heavy atom. The lowest BCUT2D eigenvalue weighted by atomic mass is 10.1. The molecule has 0 aliphatic rings. The number of benzene rings is 1. The summed E-state index contributed by atoms with van der Waals surface area (Å²) in [5.41, 5.74) is 2.18. The highest BCUT2D eigenvalue weighted by molar-refractivity contribution is 6.34. The Balaban J connectivity index is 1.73. The third kappa shape index (κ3) is 4.57. The number of carbonyl (C=O) groups is 2. The summed E-state index contributed by atoms with van der Waals surface area (Å²) in [5.74, 6) is -0.265. The lowest BCUT2D eigenvalue weighted by Crippen LogP contribution is -2.27. The van der Waals surface area contributed by atoms with Gasteiger partial charge in [0.2, 0.25) is 0 Å². The standard InChI is InChI=1S/C19H18ClN5O2/c1-11(2)9-24-19(27)14-4-3-13(8-15(14)20)25-18(26)12-7-16-17(23-10-12)22-6-5-21-16/h3-8,10-11H,9H2,1-2H3,(H,24,27)(H,25,26). The lowest BCUT2D eigenvalue weighted by Gasteiger charge is -2.11. The summed E-state index contributed by atoms with van der Waals surface area (Å²) in [6, 6.07) is 6.36. The molecule has 0 saturated heterocycles. The Bertz CT molecular complexity index is 1010. The van der Waals surface area contributed by atoms with Gasteiger partial charge in [0, 0.05) is 30.8 Å². The Kier molecular flexibility index (Phi) is 5.61. The number of halogens is 1. The van der Waals surface area contributed by atoms with Gasteiger partial charge in [0.05, 0.1) is 16.1 Å². The molecule has 27 heavy (non-hydrogen) atoms. The number of fused-ring (bicyclic) bond motifs is 1. The Hall–Kier alpha value is -3.06. The molecule has 2 aromatic heterocycles. The molecule has 0 unspecified atom stereocenters. The van der Waals surface area contributed by atoms with E-state index in [9.17, 15) is 9.59 Å². The third-order valence-electron chi connectivity index (χ3n) is 3.73. The van der Waals surface area contributed by atoms with Gasteiger partial charge >= 0.3 is 0 Å². The van der Waals surface area contributed by atoms with Crippen LogP contribution in [0.1, 0.15) is 34.6 Å². The van der Waals surface area contributed by atoms with Crippen LogP contribution in [0.5, 0.6) is 0 Å². The van der Waals surface area contributed by atoms with Gasteiger partial charge in [-0.2, -0.15) is 0 Å². The van der Waals surface area contributed by atoms with Gasteiger partial charge in [0.25, 0.3) is 11.8 Å². The molecule has 0 spiro atoms. The molecule has 0 aliphatic carbocycles. The van der Waals surface area contributed by atoms with Gasteiger partial charge in [-0.25, -0.2) is 9.97 Å². The quantitative estimate of drug-likeness (QED) is 0.704. The van der Waals surface area contributed by atoms with Gasteiger partial charge in [0.1, 0.15) is 5.52 Å². The van der Waals surface area contributed by atoms with Crippen LogP contribution in [0.15, 0.2) is 42.9 Å². The molecule has 0 radical (unpaired) electrons. The minimum atomic E-state index is -0.358. The van der Waals surface area contributed by atoms with E-state index in [2.05, 4.69) is 25.6 Å². The molecule has 3 rings (SSSR count). The molecule has 138 valence electrons. The predicted octanol–water partition coefficient (Wildman–Crippen LogP) is 3.32. The SMILES string of the molecule is CC(C)CNC(=O)c1ccc(NC(=O)c2cnc3nccnc3c2)cc1Cl. The number of hydrogen-bond acceptors (Lipinski definition) is 5. The van der Waals surface area contributed by atoms with E-state index in [0.717, 1.165) is 0 Å². The largest absolute Gasteiger partial charge is 0.352 e. The van der Waals surface area contributed by atoms with Crippen molar-refractivity contribution in [3.63, 3.8) is 0 Å². The first-order chi connectivity index (χ1) is 12.9. The van der Waals surface area contributed by atoms with Crippen molar-refractivity contribution in [1.82, 2.24) is 20.3 Å². The minimum Gasteiger partial charge on any atom is -0.352 e. The van der Waals surface area contributed by atoms with Crippen molar-refractivity contribution in [2.45, 2.75) is 13.8 Å². The van der Waals surface area contributed by atoms with Crippen molar-refractivity contribution in [3.8, 4) is 0 Å².